The lowest BCUT2D eigenvalue weighted by molar-refractivity contribution is 0.125. The molecule has 1 N–H and O–H groups in total. The fourth-order valence-corrected chi connectivity index (χ4v) is 0.893. The number of benzene rings is 1. The summed E-state index contributed by atoms with van der Waals surface area (Å²) in [5, 5.41) is 9.02. The van der Waals surface area contributed by atoms with Gasteiger partial charge in [-0.25, -0.2) is 8.78 Å². The van der Waals surface area contributed by atoms with Crippen LogP contribution in [0.5, 0.6) is 5.75 Å². The summed E-state index contributed by atoms with van der Waals surface area (Å²) in [5.41, 5.74) is 0. The minimum Gasteiger partial charge on any atom is -0.491 e. The summed E-state index contributed by atoms with van der Waals surface area (Å²) >= 11 is 5.31. The molecule has 1 rings (SSSR count). The average Bonchev–Trinajstić information content (AvgIpc) is 2.19. The van der Waals surface area contributed by atoms with Gasteiger partial charge >= 0.3 is 0 Å². The first-order valence-corrected chi connectivity index (χ1v) is 4.49. The van der Waals surface area contributed by atoms with Gasteiger partial charge in [-0.3, -0.25) is 0 Å². The molecule has 0 fully saturated rings. The van der Waals surface area contributed by atoms with Crippen LogP contribution in [0.15, 0.2) is 18.2 Å². The maximum Gasteiger partial charge on any atom is 0.162 e. The standard InChI is InChI=1S/C9H9ClF2O2/c10-4-6(13)5-14-7-1-2-8(11)9(12)3-7/h1-3,6,13H,4-5H2/t6-/m1/s1. The molecule has 0 saturated heterocycles. The Labute approximate surface area is 85.1 Å². The average molecular weight is 223 g/mol. The summed E-state index contributed by atoms with van der Waals surface area (Å²) < 4.78 is 30.1. The quantitative estimate of drug-likeness (QED) is 0.789. The Morgan fingerprint density at radius 1 is 1.36 bits per heavy atom. The molecule has 0 unspecified atom stereocenters. The second-order valence-corrected chi connectivity index (χ2v) is 3.00. The summed E-state index contributed by atoms with van der Waals surface area (Å²) in [5.74, 6) is -1.73. The summed E-state index contributed by atoms with van der Waals surface area (Å²) in [4.78, 5) is 0. The molecule has 0 heterocycles. The monoisotopic (exact) mass is 222 g/mol. The normalized spacial score (nSPS) is 12.6. The van der Waals surface area contributed by atoms with Crippen LogP contribution in [0.3, 0.4) is 0 Å². The number of ether oxygens (including phenoxy) is 1. The lowest BCUT2D eigenvalue weighted by Gasteiger charge is -2.09. The van der Waals surface area contributed by atoms with Gasteiger partial charge in [-0.15, -0.1) is 11.6 Å². The second-order valence-electron chi connectivity index (χ2n) is 2.70. The van der Waals surface area contributed by atoms with E-state index in [1.807, 2.05) is 0 Å². The Balaban J connectivity index is 2.55. The number of hydrogen-bond donors (Lipinski definition) is 1. The number of halogens is 3. The highest BCUT2D eigenvalue weighted by atomic mass is 35.5. The third kappa shape index (κ3) is 3.12. The first kappa shape index (κ1) is 11.2. The molecule has 0 amide bonds. The number of aliphatic hydroxyl groups is 1. The fraction of sp³-hybridized carbons (Fsp3) is 0.333. The van der Waals surface area contributed by atoms with Gasteiger partial charge in [0.2, 0.25) is 0 Å². The van der Waals surface area contributed by atoms with Crippen LogP contribution < -0.4 is 4.74 Å². The van der Waals surface area contributed by atoms with E-state index in [4.69, 9.17) is 21.4 Å². The third-order valence-corrected chi connectivity index (χ3v) is 1.87. The number of aliphatic hydroxyl groups excluding tert-OH is 1. The molecule has 0 saturated carbocycles. The molecular weight excluding hydrogens is 214 g/mol. The molecule has 0 aromatic heterocycles. The van der Waals surface area contributed by atoms with Crippen molar-refractivity contribution in [1.82, 2.24) is 0 Å². The summed E-state index contributed by atoms with van der Waals surface area (Å²) in [6.07, 6.45) is -0.815. The van der Waals surface area contributed by atoms with E-state index in [2.05, 4.69) is 0 Å². The Kier molecular flexibility index (Phi) is 4.10. The zero-order valence-corrected chi connectivity index (χ0v) is 7.97. The Hall–Kier alpha value is -0.870. The number of alkyl halides is 1. The van der Waals surface area contributed by atoms with Crippen LogP contribution in [0.1, 0.15) is 0 Å². The molecule has 0 radical (unpaired) electrons. The van der Waals surface area contributed by atoms with Crippen LogP contribution in [0.25, 0.3) is 0 Å². The van der Waals surface area contributed by atoms with E-state index < -0.39 is 17.7 Å². The van der Waals surface area contributed by atoms with Crippen LogP contribution in [0.4, 0.5) is 8.78 Å². The lowest BCUT2D eigenvalue weighted by atomic mass is 10.3. The molecule has 2 nitrogen and oxygen atoms in total. The van der Waals surface area contributed by atoms with Crippen molar-refractivity contribution < 1.29 is 18.6 Å². The van der Waals surface area contributed by atoms with Crippen molar-refractivity contribution in [2.75, 3.05) is 12.5 Å². The molecule has 1 aromatic rings. The van der Waals surface area contributed by atoms with E-state index in [1.54, 1.807) is 0 Å². The van der Waals surface area contributed by atoms with E-state index in [-0.39, 0.29) is 18.2 Å². The third-order valence-electron chi connectivity index (χ3n) is 1.51. The van der Waals surface area contributed by atoms with E-state index in [0.29, 0.717) is 0 Å². The van der Waals surface area contributed by atoms with Gasteiger partial charge in [-0.05, 0) is 12.1 Å². The topological polar surface area (TPSA) is 29.5 Å². The zero-order chi connectivity index (χ0) is 10.6. The molecule has 0 aliphatic rings. The highest BCUT2D eigenvalue weighted by Crippen LogP contribution is 2.15. The van der Waals surface area contributed by atoms with Gasteiger partial charge in [-0.1, -0.05) is 0 Å². The predicted molar refractivity (Wildman–Crippen MR) is 48.6 cm³/mol. The minimum absolute atomic E-state index is 0.0314. The molecule has 0 bridgehead atoms. The molecule has 0 aliphatic heterocycles. The molecular formula is C9H9ClF2O2. The molecule has 1 atom stereocenters. The van der Waals surface area contributed by atoms with Crippen LogP contribution in [-0.4, -0.2) is 23.7 Å². The molecule has 78 valence electrons. The summed E-state index contributed by atoms with van der Waals surface area (Å²) in [7, 11) is 0. The molecule has 0 aliphatic carbocycles. The van der Waals surface area contributed by atoms with Crippen LogP contribution in [-0.2, 0) is 0 Å². The highest BCUT2D eigenvalue weighted by molar-refractivity contribution is 6.18. The van der Waals surface area contributed by atoms with Crippen molar-refractivity contribution in [3.05, 3.63) is 29.8 Å². The largest absolute Gasteiger partial charge is 0.491 e. The van der Waals surface area contributed by atoms with Crippen LogP contribution in [0, 0.1) is 11.6 Å². The summed E-state index contributed by atoms with van der Waals surface area (Å²) in [6, 6.07) is 3.15. The van der Waals surface area contributed by atoms with Crippen molar-refractivity contribution in [2.45, 2.75) is 6.10 Å². The minimum atomic E-state index is -0.983. The van der Waals surface area contributed by atoms with Crippen molar-refractivity contribution >= 4 is 11.6 Å². The van der Waals surface area contributed by atoms with Crippen molar-refractivity contribution in [1.29, 1.82) is 0 Å². The van der Waals surface area contributed by atoms with E-state index in [1.165, 1.54) is 6.07 Å². The van der Waals surface area contributed by atoms with Gasteiger partial charge in [0, 0.05) is 6.07 Å². The molecule has 14 heavy (non-hydrogen) atoms. The maximum atomic E-state index is 12.6. The highest BCUT2D eigenvalue weighted by Gasteiger charge is 2.06. The van der Waals surface area contributed by atoms with E-state index in [9.17, 15) is 8.78 Å². The Bertz CT molecular complexity index is 307. The maximum absolute atomic E-state index is 12.6. The first-order valence-electron chi connectivity index (χ1n) is 3.95. The Morgan fingerprint density at radius 2 is 2.07 bits per heavy atom. The predicted octanol–water partition coefficient (Wildman–Crippen LogP) is 1.94. The van der Waals surface area contributed by atoms with Crippen molar-refractivity contribution in [3.8, 4) is 5.75 Å². The zero-order valence-electron chi connectivity index (χ0n) is 7.21. The van der Waals surface area contributed by atoms with Crippen LogP contribution >= 0.6 is 11.6 Å². The smallest absolute Gasteiger partial charge is 0.162 e. The molecule has 0 spiro atoms. The SMILES string of the molecule is O[C@H](CCl)COc1ccc(F)c(F)c1. The first-order chi connectivity index (χ1) is 6.63. The van der Waals surface area contributed by atoms with E-state index in [0.717, 1.165) is 12.1 Å². The second kappa shape index (κ2) is 5.12. The van der Waals surface area contributed by atoms with Gasteiger partial charge in [0.15, 0.2) is 11.6 Å². The van der Waals surface area contributed by atoms with Gasteiger partial charge < -0.3 is 9.84 Å². The van der Waals surface area contributed by atoms with Gasteiger partial charge in [0.1, 0.15) is 18.5 Å². The number of rotatable bonds is 4. The summed E-state index contributed by atoms with van der Waals surface area (Å²) in [6.45, 7) is -0.0471. The lowest BCUT2D eigenvalue weighted by Crippen LogP contribution is -2.18. The fourth-order valence-electron chi connectivity index (χ4n) is 0.804. The molecule has 5 heteroatoms. The Morgan fingerprint density at radius 3 is 2.64 bits per heavy atom. The van der Waals surface area contributed by atoms with Crippen molar-refractivity contribution in [3.63, 3.8) is 0 Å². The van der Waals surface area contributed by atoms with Gasteiger partial charge in [-0.2, -0.15) is 0 Å². The van der Waals surface area contributed by atoms with Gasteiger partial charge in [0.25, 0.3) is 0 Å². The molecule has 1 aromatic carbocycles. The van der Waals surface area contributed by atoms with Crippen LogP contribution in [0.2, 0.25) is 0 Å². The number of hydrogen-bond acceptors (Lipinski definition) is 2. The van der Waals surface area contributed by atoms with Crippen molar-refractivity contribution in [2.24, 2.45) is 0 Å². The van der Waals surface area contributed by atoms with Gasteiger partial charge in [0.05, 0.1) is 5.88 Å². The van der Waals surface area contributed by atoms with E-state index >= 15 is 0 Å².